The SMILES string of the molecule is CN1CCCC(CNCC(=O)NCC2CC2)C1. The van der Waals surface area contributed by atoms with Gasteiger partial charge in [0.2, 0.25) is 5.91 Å². The molecule has 1 saturated carbocycles. The van der Waals surface area contributed by atoms with Gasteiger partial charge < -0.3 is 15.5 Å². The van der Waals surface area contributed by atoms with Gasteiger partial charge >= 0.3 is 0 Å². The second-order valence-corrected chi connectivity index (χ2v) is 5.65. The summed E-state index contributed by atoms with van der Waals surface area (Å²) in [4.78, 5) is 13.9. The number of hydrogen-bond acceptors (Lipinski definition) is 3. The lowest BCUT2D eigenvalue weighted by Crippen LogP contribution is -2.41. The van der Waals surface area contributed by atoms with Crippen molar-refractivity contribution in [2.75, 3.05) is 39.8 Å². The Labute approximate surface area is 104 Å². The van der Waals surface area contributed by atoms with Gasteiger partial charge in [-0.05, 0) is 57.7 Å². The molecular weight excluding hydrogens is 214 g/mol. The molecule has 0 spiro atoms. The number of hydrogen-bond donors (Lipinski definition) is 2. The third-order valence-electron chi connectivity index (χ3n) is 3.73. The largest absolute Gasteiger partial charge is 0.355 e. The van der Waals surface area contributed by atoms with Gasteiger partial charge in [-0.3, -0.25) is 4.79 Å². The number of carbonyl (C=O) groups is 1. The van der Waals surface area contributed by atoms with E-state index in [0.29, 0.717) is 12.5 Å². The van der Waals surface area contributed by atoms with Crippen LogP contribution in [0.3, 0.4) is 0 Å². The quantitative estimate of drug-likeness (QED) is 0.707. The summed E-state index contributed by atoms with van der Waals surface area (Å²) in [6.45, 7) is 4.72. The number of piperidine rings is 1. The second-order valence-electron chi connectivity index (χ2n) is 5.65. The van der Waals surface area contributed by atoms with Gasteiger partial charge in [0, 0.05) is 13.1 Å². The van der Waals surface area contributed by atoms with Crippen molar-refractivity contribution in [3.63, 3.8) is 0 Å². The predicted octanol–water partition coefficient (Wildman–Crippen LogP) is 0.444. The lowest BCUT2D eigenvalue weighted by Gasteiger charge is -2.29. The molecule has 2 aliphatic rings. The van der Waals surface area contributed by atoms with Crippen LogP contribution in [0.1, 0.15) is 25.7 Å². The molecule has 1 atom stereocenters. The molecule has 4 nitrogen and oxygen atoms in total. The van der Waals surface area contributed by atoms with E-state index in [1.54, 1.807) is 0 Å². The van der Waals surface area contributed by atoms with Gasteiger partial charge in [0.25, 0.3) is 0 Å². The van der Waals surface area contributed by atoms with Gasteiger partial charge in [0.05, 0.1) is 6.54 Å². The maximum atomic E-state index is 11.5. The molecule has 1 aliphatic carbocycles. The predicted molar refractivity (Wildman–Crippen MR) is 68.8 cm³/mol. The van der Waals surface area contributed by atoms with Crippen LogP contribution in [0.2, 0.25) is 0 Å². The Bertz CT molecular complexity index is 253. The van der Waals surface area contributed by atoms with E-state index in [0.717, 1.165) is 25.6 Å². The van der Waals surface area contributed by atoms with Gasteiger partial charge in [0.1, 0.15) is 0 Å². The first kappa shape index (κ1) is 12.8. The van der Waals surface area contributed by atoms with Crippen LogP contribution in [-0.4, -0.2) is 50.6 Å². The van der Waals surface area contributed by atoms with Crippen molar-refractivity contribution >= 4 is 5.91 Å². The molecule has 1 aliphatic heterocycles. The average molecular weight is 239 g/mol. The van der Waals surface area contributed by atoms with Crippen molar-refractivity contribution in [3.8, 4) is 0 Å². The van der Waals surface area contributed by atoms with Crippen LogP contribution in [0.15, 0.2) is 0 Å². The highest BCUT2D eigenvalue weighted by Crippen LogP contribution is 2.27. The summed E-state index contributed by atoms with van der Waals surface area (Å²) in [6.07, 6.45) is 5.17. The summed E-state index contributed by atoms with van der Waals surface area (Å²) in [5.41, 5.74) is 0. The number of rotatable bonds is 6. The minimum Gasteiger partial charge on any atom is -0.355 e. The minimum atomic E-state index is 0.154. The van der Waals surface area contributed by atoms with Crippen molar-refractivity contribution in [1.82, 2.24) is 15.5 Å². The average Bonchev–Trinajstić information content (AvgIpc) is 3.10. The Hall–Kier alpha value is -0.610. The van der Waals surface area contributed by atoms with Gasteiger partial charge in [-0.15, -0.1) is 0 Å². The number of amides is 1. The van der Waals surface area contributed by atoms with E-state index in [4.69, 9.17) is 0 Å². The Morgan fingerprint density at radius 3 is 2.76 bits per heavy atom. The zero-order chi connectivity index (χ0) is 12.1. The van der Waals surface area contributed by atoms with E-state index in [-0.39, 0.29) is 5.91 Å². The molecule has 98 valence electrons. The van der Waals surface area contributed by atoms with Crippen LogP contribution < -0.4 is 10.6 Å². The normalized spacial score (nSPS) is 25.8. The van der Waals surface area contributed by atoms with E-state index in [1.165, 1.54) is 32.2 Å². The molecule has 0 bridgehead atoms. The van der Waals surface area contributed by atoms with E-state index >= 15 is 0 Å². The first-order valence-electron chi connectivity index (χ1n) is 6.90. The monoisotopic (exact) mass is 239 g/mol. The molecule has 1 amide bonds. The highest BCUT2D eigenvalue weighted by atomic mass is 16.1. The van der Waals surface area contributed by atoms with Crippen molar-refractivity contribution in [2.45, 2.75) is 25.7 Å². The molecule has 1 heterocycles. The van der Waals surface area contributed by atoms with Crippen LogP contribution in [0, 0.1) is 11.8 Å². The molecule has 0 aromatic heterocycles. The summed E-state index contributed by atoms with van der Waals surface area (Å²) < 4.78 is 0. The summed E-state index contributed by atoms with van der Waals surface area (Å²) in [5.74, 6) is 1.64. The molecule has 0 radical (unpaired) electrons. The van der Waals surface area contributed by atoms with Crippen LogP contribution >= 0.6 is 0 Å². The summed E-state index contributed by atoms with van der Waals surface area (Å²) in [7, 11) is 2.18. The highest BCUT2D eigenvalue weighted by Gasteiger charge is 2.21. The maximum Gasteiger partial charge on any atom is 0.233 e. The standard InChI is InChI=1S/C13H25N3O/c1-16-6-2-3-12(10-16)7-14-9-13(17)15-8-11-4-5-11/h11-12,14H,2-10H2,1H3,(H,15,17). The molecule has 4 heteroatoms. The lowest BCUT2D eigenvalue weighted by atomic mass is 9.98. The first-order chi connectivity index (χ1) is 8.24. The van der Waals surface area contributed by atoms with Crippen LogP contribution in [0.4, 0.5) is 0 Å². The van der Waals surface area contributed by atoms with Crippen molar-refractivity contribution in [1.29, 1.82) is 0 Å². The first-order valence-corrected chi connectivity index (χ1v) is 6.90. The van der Waals surface area contributed by atoms with Crippen LogP contribution in [-0.2, 0) is 4.79 Å². The smallest absolute Gasteiger partial charge is 0.233 e. The van der Waals surface area contributed by atoms with Gasteiger partial charge in [-0.25, -0.2) is 0 Å². The molecule has 0 aromatic rings. The van der Waals surface area contributed by atoms with Gasteiger partial charge in [-0.2, -0.15) is 0 Å². The maximum absolute atomic E-state index is 11.5. The molecule has 0 aromatic carbocycles. The molecule has 2 rings (SSSR count). The lowest BCUT2D eigenvalue weighted by molar-refractivity contribution is -0.120. The molecule has 17 heavy (non-hydrogen) atoms. The Morgan fingerprint density at radius 2 is 2.06 bits per heavy atom. The topological polar surface area (TPSA) is 44.4 Å². The highest BCUT2D eigenvalue weighted by molar-refractivity contribution is 5.77. The van der Waals surface area contributed by atoms with E-state index in [1.807, 2.05) is 0 Å². The fraction of sp³-hybridized carbons (Fsp3) is 0.923. The van der Waals surface area contributed by atoms with Gasteiger partial charge in [0.15, 0.2) is 0 Å². The van der Waals surface area contributed by atoms with Crippen LogP contribution in [0.25, 0.3) is 0 Å². The molecule has 1 saturated heterocycles. The molecule has 2 fully saturated rings. The molecule has 2 N–H and O–H groups in total. The fourth-order valence-corrected chi connectivity index (χ4v) is 2.47. The zero-order valence-electron chi connectivity index (χ0n) is 10.9. The van der Waals surface area contributed by atoms with Crippen molar-refractivity contribution < 1.29 is 4.79 Å². The van der Waals surface area contributed by atoms with E-state index in [9.17, 15) is 4.79 Å². The van der Waals surface area contributed by atoms with Crippen molar-refractivity contribution in [2.24, 2.45) is 11.8 Å². The van der Waals surface area contributed by atoms with Crippen molar-refractivity contribution in [3.05, 3.63) is 0 Å². The number of nitrogens with zero attached hydrogens (tertiary/aromatic N) is 1. The third-order valence-corrected chi connectivity index (χ3v) is 3.73. The van der Waals surface area contributed by atoms with Gasteiger partial charge in [-0.1, -0.05) is 0 Å². The Balaban J connectivity index is 1.50. The summed E-state index contributed by atoms with van der Waals surface area (Å²) in [6, 6.07) is 0. The molecule has 1 unspecified atom stereocenters. The van der Waals surface area contributed by atoms with E-state index < -0.39 is 0 Å². The number of likely N-dealkylation sites (tertiary alicyclic amines) is 1. The molecular formula is C13H25N3O. The van der Waals surface area contributed by atoms with E-state index in [2.05, 4.69) is 22.6 Å². The van der Waals surface area contributed by atoms with Crippen LogP contribution in [0.5, 0.6) is 0 Å². The zero-order valence-corrected chi connectivity index (χ0v) is 10.9. The minimum absolute atomic E-state index is 0.154. The second kappa shape index (κ2) is 6.36. The Morgan fingerprint density at radius 1 is 1.24 bits per heavy atom. The fourth-order valence-electron chi connectivity index (χ4n) is 2.47. The number of carbonyl (C=O) groups excluding carboxylic acids is 1. The number of nitrogens with one attached hydrogen (secondary N) is 2. The Kier molecular flexibility index (Phi) is 4.80. The summed E-state index contributed by atoms with van der Waals surface area (Å²) in [5, 5.41) is 6.26. The summed E-state index contributed by atoms with van der Waals surface area (Å²) >= 11 is 0. The third kappa shape index (κ3) is 5.04.